The number of benzene rings is 1. The minimum atomic E-state index is -0.809. The van der Waals surface area contributed by atoms with E-state index in [0.717, 1.165) is 11.3 Å². The lowest BCUT2D eigenvalue weighted by molar-refractivity contribution is -0.112. The minimum absolute atomic E-state index is 0.172. The van der Waals surface area contributed by atoms with Crippen molar-refractivity contribution in [3.05, 3.63) is 95.7 Å². The van der Waals surface area contributed by atoms with Crippen molar-refractivity contribution in [1.82, 2.24) is 19.7 Å². The van der Waals surface area contributed by atoms with Gasteiger partial charge in [0.1, 0.15) is 6.61 Å². The molecule has 4 aromatic rings. The van der Waals surface area contributed by atoms with E-state index in [-0.39, 0.29) is 18.0 Å². The summed E-state index contributed by atoms with van der Waals surface area (Å²) in [5.74, 6) is -0.964. The smallest absolute Gasteiger partial charge is 0.298 e. The molecule has 0 fully saturated rings. The van der Waals surface area contributed by atoms with Crippen LogP contribution in [0.5, 0.6) is 5.75 Å². The Balaban J connectivity index is 1.53. The van der Waals surface area contributed by atoms with Crippen molar-refractivity contribution in [2.45, 2.75) is 20.5 Å². The summed E-state index contributed by atoms with van der Waals surface area (Å²) in [5, 5.41) is 7.02. The highest BCUT2D eigenvalue weighted by atomic mass is 16.5. The van der Waals surface area contributed by atoms with E-state index >= 15 is 0 Å². The number of carbonyl (C=O) groups excluding carboxylic acids is 2. The average molecular weight is 427 g/mol. The molecule has 3 aromatic heterocycles. The van der Waals surface area contributed by atoms with Crippen LogP contribution in [-0.2, 0) is 11.4 Å². The van der Waals surface area contributed by atoms with Crippen LogP contribution in [-0.4, -0.2) is 31.4 Å². The van der Waals surface area contributed by atoms with E-state index in [2.05, 4.69) is 20.4 Å². The molecule has 0 spiro atoms. The van der Waals surface area contributed by atoms with Gasteiger partial charge in [-0.3, -0.25) is 14.6 Å². The second-order valence-electron chi connectivity index (χ2n) is 7.07. The van der Waals surface area contributed by atoms with Gasteiger partial charge in [-0.15, -0.1) is 0 Å². The summed E-state index contributed by atoms with van der Waals surface area (Å²) >= 11 is 0. The van der Waals surface area contributed by atoms with Crippen LogP contribution >= 0.6 is 0 Å². The molecule has 0 aliphatic rings. The van der Waals surface area contributed by atoms with Crippen LogP contribution in [0.15, 0.2) is 73.2 Å². The number of pyridine rings is 2. The molecule has 0 saturated heterocycles. The SMILES string of the molecule is Cc1nn(-c2ccccc2)c(C)c1C(=O)C(=O)Nc1ncccc1OCc1ccncc1. The number of hydrogen-bond acceptors (Lipinski definition) is 6. The number of nitrogens with one attached hydrogen (secondary N) is 1. The highest BCUT2D eigenvalue weighted by Crippen LogP contribution is 2.23. The Kier molecular flexibility index (Phi) is 6.03. The predicted molar refractivity (Wildman–Crippen MR) is 119 cm³/mol. The molecule has 32 heavy (non-hydrogen) atoms. The third kappa shape index (κ3) is 4.39. The van der Waals surface area contributed by atoms with E-state index in [1.807, 2.05) is 42.5 Å². The van der Waals surface area contributed by atoms with Crippen LogP contribution in [0.2, 0.25) is 0 Å². The molecule has 0 atom stereocenters. The van der Waals surface area contributed by atoms with Gasteiger partial charge in [-0.1, -0.05) is 18.2 Å². The van der Waals surface area contributed by atoms with Gasteiger partial charge in [-0.25, -0.2) is 9.67 Å². The molecular weight excluding hydrogens is 406 g/mol. The molecule has 0 radical (unpaired) electrons. The zero-order valence-corrected chi connectivity index (χ0v) is 17.6. The number of anilines is 1. The van der Waals surface area contributed by atoms with E-state index in [1.165, 1.54) is 6.20 Å². The Morgan fingerprint density at radius 1 is 0.969 bits per heavy atom. The van der Waals surface area contributed by atoms with Crippen molar-refractivity contribution in [3.63, 3.8) is 0 Å². The highest BCUT2D eigenvalue weighted by Gasteiger charge is 2.26. The zero-order chi connectivity index (χ0) is 22.5. The lowest BCUT2D eigenvalue weighted by atomic mass is 10.1. The third-order valence-electron chi connectivity index (χ3n) is 4.87. The molecule has 1 aromatic carbocycles. The van der Waals surface area contributed by atoms with Gasteiger partial charge in [0.05, 0.1) is 22.6 Å². The standard InChI is InChI=1S/C24H21N5O3/c1-16-21(17(2)29(28-16)19-7-4-3-5-8-19)22(30)24(31)27-23-20(9-6-12-26-23)32-15-18-10-13-25-14-11-18/h3-14H,15H2,1-2H3,(H,26,27,31). The average Bonchev–Trinajstić information content (AvgIpc) is 3.13. The first kappa shape index (κ1) is 20.9. The van der Waals surface area contributed by atoms with Crippen LogP contribution in [0, 0.1) is 13.8 Å². The van der Waals surface area contributed by atoms with E-state index in [0.29, 0.717) is 17.1 Å². The first-order valence-electron chi connectivity index (χ1n) is 9.98. The fourth-order valence-corrected chi connectivity index (χ4v) is 3.31. The van der Waals surface area contributed by atoms with Gasteiger partial charge in [-0.05, 0) is 55.8 Å². The normalized spacial score (nSPS) is 10.6. The predicted octanol–water partition coefficient (Wildman–Crippen LogP) is 3.68. The lowest BCUT2D eigenvalue weighted by Gasteiger charge is -2.11. The molecule has 1 amide bonds. The van der Waals surface area contributed by atoms with E-state index in [4.69, 9.17) is 4.74 Å². The van der Waals surface area contributed by atoms with Crippen molar-refractivity contribution in [2.75, 3.05) is 5.32 Å². The molecule has 0 aliphatic carbocycles. The molecule has 0 aliphatic heterocycles. The van der Waals surface area contributed by atoms with E-state index < -0.39 is 11.7 Å². The number of aryl methyl sites for hydroxylation is 1. The van der Waals surface area contributed by atoms with Gasteiger partial charge < -0.3 is 10.1 Å². The molecule has 8 nitrogen and oxygen atoms in total. The maximum atomic E-state index is 13.0. The van der Waals surface area contributed by atoms with Crippen LogP contribution < -0.4 is 10.1 Å². The van der Waals surface area contributed by atoms with Gasteiger partial charge in [0.25, 0.3) is 11.7 Å². The largest absolute Gasteiger partial charge is 0.485 e. The maximum Gasteiger partial charge on any atom is 0.298 e. The quantitative estimate of drug-likeness (QED) is 0.357. The van der Waals surface area contributed by atoms with Crippen molar-refractivity contribution in [3.8, 4) is 11.4 Å². The van der Waals surface area contributed by atoms with Gasteiger partial charge in [0, 0.05) is 18.6 Å². The van der Waals surface area contributed by atoms with Gasteiger partial charge in [-0.2, -0.15) is 5.10 Å². The van der Waals surface area contributed by atoms with E-state index in [1.54, 1.807) is 43.1 Å². The van der Waals surface area contributed by atoms with Crippen molar-refractivity contribution < 1.29 is 14.3 Å². The first-order valence-corrected chi connectivity index (χ1v) is 9.98. The molecule has 8 heteroatoms. The maximum absolute atomic E-state index is 13.0. The molecule has 4 rings (SSSR count). The summed E-state index contributed by atoms with van der Waals surface area (Å²) < 4.78 is 7.44. The molecule has 0 saturated carbocycles. The summed E-state index contributed by atoms with van der Waals surface area (Å²) in [6.07, 6.45) is 4.86. The fourth-order valence-electron chi connectivity index (χ4n) is 3.31. The van der Waals surface area contributed by atoms with Crippen molar-refractivity contribution in [1.29, 1.82) is 0 Å². The van der Waals surface area contributed by atoms with Gasteiger partial charge in [0.15, 0.2) is 11.6 Å². The van der Waals surface area contributed by atoms with E-state index in [9.17, 15) is 9.59 Å². The molecule has 3 heterocycles. The summed E-state index contributed by atoms with van der Waals surface area (Å²) in [7, 11) is 0. The number of ether oxygens (including phenoxy) is 1. The molecule has 0 bridgehead atoms. The Hall–Kier alpha value is -4.33. The van der Waals surface area contributed by atoms with Crippen LogP contribution in [0.25, 0.3) is 5.69 Å². The molecule has 0 unspecified atom stereocenters. The number of rotatable bonds is 7. The van der Waals surface area contributed by atoms with Gasteiger partial charge >= 0.3 is 0 Å². The summed E-state index contributed by atoms with van der Waals surface area (Å²) in [4.78, 5) is 33.9. The number of ketones is 1. The minimum Gasteiger partial charge on any atom is -0.485 e. The number of carbonyl (C=O) groups is 2. The first-order chi connectivity index (χ1) is 15.5. The number of nitrogens with zero attached hydrogens (tertiary/aromatic N) is 4. The fraction of sp³-hybridized carbons (Fsp3) is 0.125. The Labute approximate surface area is 184 Å². The zero-order valence-electron chi connectivity index (χ0n) is 17.6. The Morgan fingerprint density at radius 3 is 2.47 bits per heavy atom. The number of Topliss-reactive ketones (excluding diaryl/α,β-unsaturated/α-hetero) is 1. The molecular formula is C24H21N5O3. The Morgan fingerprint density at radius 2 is 1.72 bits per heavy atom. The Bertz CT molecular complexity index is 1250. The molecule has 160 valence electrons. The highest BCUT2D eigenvalue weighted by molar-refractivity contribution is 6.47. The van der Waals surface area contributed by atoms with Crippen LogP contribution in [0.1, 0.15) is 27.3 Å². The topological polar surface area (TPSA) is 99.0 Å². The van der Waals surface area contributed by atoms with Crippen molar-refractivity contribution in [2.24, 2.45) is 0 Å². The van der Waals surface area contributed by atoms with Crippen LogP contribution in [0.4, 0.5) is 5.82 Å². The summed E-state index contributed by atoms with van der Waals surface area (Å²) in [5.41, 5.74) is 3.05. The second-order valence-corrected chi connectivity index (χ2v) is 7.07. The van der Waals surface area contributed by atoms with Gasteiger partial charge in [0.2, 0.25) is 0 Å². The number of amides is 1. The number of para-hydroxylation sites is 1. The third-order valence-corrected chi connectivity index (χ3v) is 4.87. The molecule has 1 N–H and O–H groups in total. The monoisotopic (exact) mass is 427 g/mol. The van der Waals surface area contributed by atoms with Crippen LogP contribution in [0.3, 0.4) is 0 Å². The second kappa shape index (κ2) is 9.22. The van der Waals surface area contributed by atoms with Crippen molar-refractivity contribution >= 4 is 17.5 Å². The summed E-state index contributed by atoms with van der Waals surface area (Å²) in [6, 6.07) is 16.5. The summed E-state index contributed by atoms with van der Waals surface area (Å²) in [6.45, 7) is 3.74. The lowest BCUT2D eigenvalue weighted by Crippen LogP contribution is -2.25. The number of aromatic nitrogens is 4. The number of hydrogen-bond donors (Lipinski definition) is 1.